The fraction of sp³-hybridized carbons (Fsp3) is 1.00. The maximum atomic E-state index is 13.1. The average molecular weight is 438 g/mol. The Morgan fingerprint density at radius 1 is 0.692 bits per heavy atom. The molecule has 26 heavy (non-hydrogen) atoms. The van der Waals surface area contributed by atoms with Gasteiger partial charge in [-0.1, -0.05) is 29.7 Å². The fourth-order valence-corrected chi connectivity index (χ4v) is 0.864. The molecule has 0 aromatic rings. The normalized spacial score (nSPS) is 13.8. The molecular weight excluding hydrogens is 414 g/mol. The van der Waals surface area contributed by atoms with E-state index in [0.29, 0.717) is 0 Å². The van der Waals surface area contributed by atoms with E-state index in [-0.39, 0.29) is 29.7 Å². The molecule has 0 radical (unpaired) electrons. The summed E-state index contributed by atoms with van der Waals surface area (Å²) in [4.78, 5) is 0. The van der Waals surface area contributed by atoms with Crippen molar-refractivity contribution in [1.82, 2.24) is 0 Å². The first kappa shape index (κ1) is 39.9. The zero-order chi connectivity index (χ0) is 18.6. The van der Waals surface area contributed by atoms with Crippen LogP contribution in [0.5, 0.6) is 0 Å². The first-order valence-corrected chi connectivity index (χ1v) is 5.49. The lowest BCUT2D eigenvalue weighted by molar-refractivity contribution is -0.390. The van der Waals surface area contributed by atoms with Gasteiger partial charge in [0.15, 0.2) is 0 Å². The van der Waals surface area contributed by atoms with Gasteiger partial charge in [-0.3, -0.25) is 0 Å². The van der Waals surface area contributed by atoms with E-state index in [1.807, 2.05) is 0 Å². The molecule has 0 amide bonds. The lowest BCUT2D eigenvalue weighted by Gasteiger charge is -2.37. The lowest BCUT2D eigenvalue weighted by atomic mass is 10.00. The molecule has 3 nitrogen and oxygen atoms in total. The Labute approximate surface area is 149 Å². The summed E-state index contributed by atoms with van der Waals surface area (Å²) in [6.07, 6.45) is -5.30. The van der Waals surface area contributed by atoms with E-state index in [0.717, 1.165) is 0 Å². The Bertz CT molecular complexity index is 399. The van der Waals surface area contributed by atoms with Crippen LogP contribution in [-0.4, -0.2) is 44.8 Å². The van der Waals surface area contributed by atoms with Crippen LogP contribution in [0.2, 0.25) is 0 Å². The molecule has 0 saturated heterocycles. The summed E-state index contributed by atoms with van der Waals surface area (Å²) in [6, 6.07) is 0. The van der Waals surface area contributed by atoms with Gasteiger partial charge < -0.3 is 4.74 Å². The Morgan fingerprint density at radius 2 is 0.962 bits per heavy atom. The standard InChI is InChI=1S/C8H8F10O.4CH4.O2S/c1-4(9,10)7(15,16)8(17,18)5(2,11)19-3-6(12,13)14;;;;;1-3-2/h3H2,1-2H3;4*1H4;. The maximum absolute atomic E-state index is 13.1. The van der Waals surface area contributed by atoms with E-state index in [1.165, 1.54) is 0 Å². The van der Waals surface area contributed by atoms with Crippen LogP contribution in [0.1, 0.15) is 43.6 Å². The van der Waals surface area contributed by atoms with Gasteiger partial charge in [-0.15, -0.1) is 0 Å². The number of ether oxygens (including phenoxy) is 1. The predicted molar refractivity (Wildman–Crippen MR) is 77.9 cm³/mol. The van der Waals surface area contributed by atoms with Crippen molar-refractivity contribution in [1.29, 1.82) is 0 Å². The minimum absolute atomic E-state index is 0. The van der Waals surface area contributed by atoms with Crippen molar-refractivity contribution in [2.45, 2.75) is 73.4 Å². The molecule has 14 heteroatoms. The molecule has 0 rings (SSSR count). The average Bonchev–Trinajstić information content (AvgIpc) is 2.24. The topological polar surface area (TPSA) is 43.4 Å². The summed E-state index contributed by atoms with van der Waals surface area (Å²) in [5.74, 6) is -22.7. The Morgan fingerprint density at radius 3 is 1.15 bits per heavy atom. The highest BCUT2D eigenvalue weighted by atomic mass is 32.1. The molecular formula is C12H24F10O3S. The highest BCUT2D eigenvalue weighted by Gasteiger charge is 2.77. The summed E-state index contributed by atoms with van der Waals surface area (Å²) in [5, 5.41) is 0. The molecule has 0 spiro atoms. The number of halogens is 10. The van der Waals surface area contributed by atoms with Gasteiger partial charge in [-0.2, -0.15) is 47.9 Å². The molecule has 0 aliphatic rings. The SMILES string of the molecule is C.C.C.C.CC(F)(F)C(F)(F)C(F)(F)C(C)(F)OCC(F)(F)F.O=S=O. The van der Waals surface area contributed by atoms with Gasteiger partial charge in [0.1, 0.15) is 6.61 Å². The number of hydrogen-bond acceptors (Lipinski definition) is 3. The van der Waals surface area contributed by atoms with E-state index in [2.05, 4.69) is 4.74 Å². The van der Waals surface area contributed by atoms with Crippen molar-refractivity contribution in [3.05, 3.63) is 0 Å². The first-order valence-electron chi connectivity index (χ1n) is 4.82. The van der Waals surface area contributed by atoms with E-state index >= 15 is 0 Å². The van der Waals surface area contributed by atoms with Crippen molar-refractivity contribution in [2.75, 3.05) is 6.61 Å². The quantitative estimate of drug-likeness (QED) is 0.491. The van der Waals surface area contributed by atoms with Crippen LogP contribution in [0.3, 0.4) is 0 Å². The highest BCUT2D eigenvalue weighted by Crippen LogP contribution is 2.52. The van der Waals surface area contributed by atoms with Crippen molar-refractivity contribution < 1.29 is 57.1 Å². The molecule has 1 unspecified atom stereocenters. The zero-order valence-corrected chi connectivity index (χ0v) is 11.4. The molecule has 0 N–H and O–H groups in total. The van der Waals surface area contributed by atoms with Crippen molar-refractivity contribution in [2.24, 2.45) is 0 Å². The van der Waals surface area contributed by atoms with Gasteiger partial charge in [0.25, 0.3) is 5.85 Å². The van der Waals surface area contributed by atoms with Crippen LogP contribution in [0, 0.1) is 0 Å². The Kier molecular flexibility index (Phi) is 19.2. The van der Waals surface area contributed by atoms with E-state index in [1.54, 1.807) is 0 Å². The molecule has 166 valence electrons. The van der Waals surface area contributed by atoms with Crippen molar-refractivity contribution in [3.63, 3.8) is 0 Å². The molecule has 0 aromatic heterocycles. The Hall–Kier alpha value is -0.920. The van der Waals surface area contributed by atoms with Gasteiger partial charge in [-0.05, 0) is 0 Å². The minimum Gasteiger partial charge on any atom is -0.332 e. The second kappa shape index (κ2) is 12.5. The molecule has 0 aliphatic carbocycles. The van der Waals surface area contributed by atoms with Crippen LogP contribution in [0.4, 0.5) is 43.9 Å². The predicted octanol–water partition coefficient (Wildman–Crippen LogP) is 6.05. The molecule has 0 bridgehead atoms. The third kappa shape index (κ3) is 10.3. The number of rotatable bonds is 5. The second-order valence-corrected chi connectivity index (χ2v) is 4.06. The van der Waals surface area contributed by atoms with Gasteiger partial charge in [-0.25, -0.2) is 4.39 Å². The van der Waals surface area contributed by atoms with E-state index < -0.39 is 61.8 Å². The fourth-order valence-electron chi connectivity index (χ4n) is 0.864. The summed E-state index contributed by atoms with van der Waals surface area (Å²) < 4.78 is 144. The number of hydrogen-bond donors (Lipinski definition) is 0. The van der Waals surface area contributed by atoms with Gasteiger partial charge in [0, 0.05) is 13.8 Å². The largest absolute Gasteiger partial charge is 0.411 e. The molecule has 0 aromatic carbocycles. The van der Waals surface area contributed by atoms with Gasteiger partial charge >= 0.3 is 35.5 Å². The van der Waals surface area contributed by atoms with Crippen LogP contribution >= 0.6 is 0 Å². The van der Waals surface area contributed by atoms with E-state index in [9.17, 15) is 43.9 Å². The van der Waals surface area contributed by atoms with Crippen LogP contribution < -0.4 is 0 Å². The summed E-state index contributed by atoms with van der Waals surface area (Å²) >= 11 is -0.750. The lowest BCUT2D eigenvalue weighted by Crippen LogP contribution is -2.62. The molecule has 0 aliphatic heterocycles. The van der Waals surface area contributed by atoms with Gasteiger partial charge in [0.2, 0.25) is 0 Å². The summed E-state index contributed by atoms with van der Waals surface area (Å²) in [6.45, 7) is -3.75. The zero-order valence-electron chi connectivity index (χ0n) is 10.6. The third-order valence-electron chi connectivity index (χ3n) is 2.01. The van der Waals surface area contributed by atoms with E-state index in [4.69, 9.17) is 8.42 Å². The summed E-state index contributed by atoms with van der Waals surface area (Å²) in [7, 11) is 0. The maximum Gasteiger partial charge on any atom is 0.411 e. The Balaban J connectivity index is -0.000000133. The second-order valence-electron chi connectivity index (χ2n) is 3.93. The number of alkyl halides is 10. The molecule has 0 fully saturated rings. The monoisotopic (exact) mass is 438 g/mol. The molecule has 1 atom stereocenters. The molecule has 0 saturated carbocycles. The smallest absolute Gasteiger partial charge is 0.332 e. The van der Waals surface area contributed by atoms with Crippen LogP contribution in [0.15, 0.2) is 0 Å². The van der Waals surface area contributed by atoms with Crippen LogP contribution in [-0.2, 0) is 16.3 Å². The summed E-state index contributed by atoms with van der Waals surface area (Å²) in [5.41, 5.74) is 0. The first-order chi connectivity index (χ1) is 9.37. The van der Waals surface area contributed by atoms with Gasteiger partial charge in [0.05, 0.1) is 0 Å². The molecule has 0 heterocycles. The van der Waals surface area contributed by atoms with Crippen LogP contribution in [0.25, 0.3) is 0 Å². The highest BCUT2D eigenvalue weighted by molar-refractivity contribution is 7.51. The van der Waals surface area contributed by atoms with Crippen molar-refractivity contribution in [3.8, 4) is 0 Å². The third-order valence-corrected chi connectivity index (χ3v) is 2.01. The van der Waals surface area contributed by atoms with Crippen molar-refractivity contribution >= 4 is 11.6 Å². The minimum atomic E-state index is -6.24.